The van der Waals surface area contributed by atoms with Gasteiger partial charge in [0.15, 0.2) is 0 Å². The van der Waals surface area contributed by atoms with Crippen molar-refractivity contribution >= 4 is 5.97 Å². The highest BCUT2D eigenvalue weighted by molar-refractivity contribution is 5.71. The molecule has 1 heterocycles. The van der Waals surface area contributed by atoms with Crippen molar-refractivity contribution in [3.8, 4) is 5.75 Å². The van der Waals surface area contributed by atoms with E-state index in [2.05, 4.69) is 4.74 Å². The molecule has 0 aliphatic heterocycles. The molecule has 88 valence electrons. The number of carboxylic acids is 1. The predicted molar refractivity (Wildman–Crippen MR) is 49.9 cm³/mol. The van der Waals surface area contributed by atoms with Crippen LogP contribution in [0.1, 0.15) is 17.7 Å². The first kappa shape index (κ1) is 12.2. The minimum Gasteiger partial charge on any atom is -0.494 e. The lowest BCUT2D eigenvalue weighted by Crippen LogP contribution is -2.14. The van der Waals surface area contributed by atoms with Crippen LogP contribution in [0.5, 0.6) is 5.75 Å². The maximum Gasteiger partial charge on any atom is 0.307 e. The molecule has 0 aromatic carbocycles. The van der Waals surface area contributed by atoms with E-state index in [4.69, 9.17) is 5.11 Å². The number of hydrogen-bond donors (Lipinski definition) is 2. The fourth-order valence-electron chi connectivity index (χ4n) is 1.31. The van der Waals surface area contributed by atoms with Gasteiger partial charge < -0.3 is 14.8 Å². The molecule has 0 fully saturated rings. The fourth-order valence-corrected chi connectivity index (χ4v) is 1.31. The Morgan fingerprint density at radius 3 is 2.69 bits per heavy atom. The molecule has 0 bridgehead atoms. The SMILES string of the molecule is COc1c(CC(=O)O)cc(=O)[nH]c1C(F)F. The minimum absolute atomic E-state index is 0.0750. The van der Waals surface area contributed by atoms with Crippen molar-refractivity contribution in [3.05, 3.63) is 27.7 Å². The first-order chi connectivity index (χ1) is 7.45. The molecule has 2 N–H and O–H groups in total. The lowest BCUT2D eigenvalue weighted by atomic mass is 10.1. The van der Waals surface area contributed by atoms with Crippen molar-refractivity contribution in [3.63, 3.8) is 0 Å². The number of pyridine rings is 1. The van der Waals surface area contributed by atoms with Gasteiger partial charge in [0.25, 0.3) is 6.43 Å². The second kappa shape index (κ2) is 4.73. The Morgan fingerprint density at radius 2 is 2.25 bits per heavy atom. The average molecular weight is 233 g/mol. The van der Waals surface area contributed by atoms with Gasteiger partial charge in [0, 0.05) is 11.6 Å². The second-order valence-electron chi connectivity index (χ2n) is 2.98. The Morgan fingerprint density at radius 1 is 1.62 bits per heavy atom. The Hall–Kier alpha value is -1.92. The molecular weight excluding hydrogens is 224 g/mol. The molecule has 0 aliphatic rings. The number of aromatic amines is 1. The monoisotopic (exact) mass is 233 g/mol. The number of alkyl halides is 2. The van der Waals surface area contributed by atoms with E-state index in [1.807, 2.05) is 4.98 Å². The van der Waals surface area contributed by atoms with Gasteiger partial charge in [-0.05, 0) is 0 Å². The van der Waals surface area contributed by atoms with Crippen LogP contribution >= 0.6 is 0 Å². The van der Waals surface area contributed by atoms with E-state index in [1.165, 1.54) is 0 Å². The van der Waals surface area contributed by atoms with E-state index < -0.39 is 30.1 Å². The Labute approximate surface area is 88.7 Å². The number of halogens is 2. The van der Waals surface area contributed by atoms with Gasteiger partial charge >= 0.3 is 5.97 Å². The Bertz CT molecular complexity index is 455. The molecule has 1 rings (SSSR count). The van der Waals surface area contributed by atoms with Gasteiger partial charge in [0.2, 0.25) is 5.56 Å². The molecule has 0 amide bonds. The zero-order valence-electron chi connectivity index (χ0n) is 8.29. The van der Waals surface area contributed by atoms with E-state index >= 15 is 0 Å². The number of carboxylic acid groups (broad SMARTS) is 1. The first-order valence-electron chi connectivity index (χ1n) is 4.25. The highest BCUT2D eigenvalue weighted by atomic mass is 19.3. The second-order valence-corrected chi connectivity index (χ2v) is 2.98. The maximum absolute atomic E-state index is 12.5. The van der Waals surface area contributed by atoms with Crippen LogP contribution in [0.15, 0.2) is 10.9 Å². The summed E-state index contributed by atoms with van der Waals surface area (Å²) in [7, 11) is 1.13. The van der Waals surface area contributed by atoms with E-state index in [-0.39, 0.29) is 11.3 Å². The van der Waals surface area contributed by atoms with E-state index in [0.717, 1.165) is 13.2 Å². The molecule has 0 radical (unpaired) electrons. The molecule has 0 atom stereocenters. The van der Waals surface area contributed by atoms with Crippen molar-refractivity contribution in [2.24, 2.45) is 0 Å². The highest BCUT2D eigenvalue weighted by Crippen LogP contribution is 2.28. The van der Waals surface area contributed by atoms with E-state index in [1.54, 1.807) is 0 Å². The number of hydrogen-bond acceptors (Lipinski definition) is 3. The molecule has 0 unspecified atom stereocenters. The largest absolute Gasteiger partial charge is 0.494 e. The van der Waals surface area contributed by atoms with E-state index in [0.29, 0.717) is 0 Å². The molecule has 5 nitrogen and oxygen atoms in total. The van der Waals surface area contributed by atoms with Crippen LogP contribution in [-0.4, -0.2) is 23.2 Å². The summed E-state index contributed by atoms with van der Waals surface area (Å²) >= 11 is 0. The number of methoxy groups -OCH3 is 1. The quantitative estimate of drug-likeness (QED) is 0.811. The number of aromatic nitrogens is 1. The maximum atomic E-state index is 12.5. The Balaban J connectivity index is 3.35. The third-order valence-corrected chi connectivity index (χ3v) is 1.86. The van der Waals surface area contributed by atoms with Gasteiger partial charge in [0.1, 0.15) is 11.4 Å². The van der Waals surface area contributed by atoms with Crippen LogP contribution in [0.3, 0.4) is 0 Å². The van der Waals surface area contributed by atoms with Crippen molar-refractivity contribution < 1.29 is 23.4 Å². The molecule has 0 spiro atoms. The summed E-state index contributed by atoms with van der Waals surface area (Å²) in [6.07, 6.45) is -3.48. The van der Waals surface area contributed by atoms with Crippen LogP contribution in [-0.2, 0) is 11.2 Å². The molecule has 16 heavy (non-hydrogen) atoms. The number of H-pyrrole nitrogens is 1. The summed E-state index contributed by atoms with van der Waals surface area (Å²) in [5.74, 6) is -1.53. The van der Waals surface area contributed by atoms with Gasteiger partial charge in [0.05, 0.1) is 13.5 Å². The standard InChI is InChI=1S/C9H9F2NO4/c1-16-8-4(3-6(14)15)2-5(13)12-7(8)9(10)11/h2,9H,3H2,1H3,(H,12,13)(H,14,15). The minimum atomic E-state index is -2.93. The molecule has 1 aromatic rings. The molecule has 0 aliphatic carbocycles. The number of nitrogens with one attached hydrogen (secondary N) is 1. The molecule has 0 saturated heterocycles. The lowest BCUT2D eigenvalue weighted by Gasteiger charge is -2.11. The number of carbonyl (C=O) groups is 1. The van der Waals surface area contributed by atoms with Gasteiger partial charge in [-0.1, -0.05) is 0 Å². The molecule has 7 heteroatoms. The van der Waals surface area contributed by atoms with Crippen LogP contribution in [0, 0.1) is 0 Å². The summed E-state index contributed by atoms with van der Waals surface area (Å²) in [4.78, 5) is 23.4. The van der Waals surface area contributed by atoms with Crippen LogP contribution in [0.25, 0.3) is 0 Å². The number of aliphatic carboxylic acids is 1. The van der Waals surface area contributed by atoms with Crippen molar-refractivity contribution in [1.82, 2.24) is 4.98 Å². The molecule has 1 aromatic heterocycles. The normalized spacial score (nSPS) is 10.5. The summed E-state index contributed by atoms with van der Waals surface area (Å²) in [5, 5.41) is 8.55. The summed E-state index contributed by atoms with van der Waals surface area (Å²) in [6.45, 7) is 0. The van der Waals surface area contributed by atoms with Crippen molar-refractivity contribution in [1.29, 1.82) is 0 Å². The average Bonchev–Trinajstić information content (AvgIpc) is 2.15. The number of ether oxygens (including phenoxy) is 1. The smallest absolute Gasteiger partial charge is 0.307 e. The summed E-state index contributed by atoms with van der Waals surface area (Å²) < 4.78 is 29.7. The van der Waals surface area contributed by atoms with Crippen molar-refractivity contribution in [2.75, 3.05) is 7.11 Å². The molecule has 0 saturated carbocycles. The van der Waals surface area contributed by atoms with Crippen LogP contribution < -0.4 is 10.3 Å². The van der Waals surface area contributed by atoms with E-state index in [9.17, 15) is 18.4 Å². The molecular formula is C9H9F2NO4. The zero-order valence-corrected chi connectivity index (χ0v) is 8.29. The number of rotatable bonds is 4. The Kier molecular flexibility index (Phi) is 3.60. The summed E-state index contributed by atoms with van der Waals surface area (Å²) in [6, 6.07) is 0.929. The van der Waals surface area contributed by atoms with Crippen LogP contribution in [0.4, 0.5) is 8.78 Å². The van der Waals surface area contributed by atoms with Gasteiger partial charge in [-0.3, -0.25) is 9.59 Å². The lowest BCUT2D eigenvalue weighted by molar-refractivity contribution is -0.136. The van der Waals surface area contributed by atoms with Gasteiger partial charge in [-0.25, -0.2) is 8.78 Å². The fraction of sp³-hybridized carbons (Fsp3) is 0.333. The topological polar surface area (TPSA) is 79.4 Å². The predicted octanol–water partition coefficient (Wildman–Crippen LogP) is 0.948. The van der Waals surface area contributed by atoms with Gasteiger partial charge in [-0.2, -0.15) is 0 Å². The van der Waals surface area contributed by atoms with Gasteiger partial charge in [-0.15, -0.1) is 0 Å². The third-order valence-electron chi connectivity index (χ3n) is 1.86. The van der Waals surface area contributed by atoms with Crippen molar-refractivity contribution in [2.45, 2.75) is 12.8 Å². The van der Waals surface area contributed by atoms with Crippen LogP contribution in [0.2, 0.25) is 0 Å². The highest BCUT2D eigenvalue weighted by Gasteiger charge is 2.20. The first-order valence-corrected chi connectivity index (χ1v) is 4.25. The third kappa shape index (κ3) is 2.56. The zero-order chi connectivity index (χ0) is 12.3. The summed E-state index contributed by atoms with van der Waals surface area (Å²) in [5.41, 5.74) is -1.56.